The molecule has 6 nitrogen and oxygen atoms in total. The van der Waals surface area contributed by atoms with Crippen LogP contribution in [0.1, 0.15) is 21.1 Å². The summed E-state index contributed by atoms with van der Waals surface area (Å²) in [6, 6.07) is 5.01. The van der Waals surface area contributed by atoms with Crippen molar-refractivity contribution in [2.75, 3.05) is 12.4 Å². The molecular weight excluding hydrogens is 344 g/mol. The number of amides is 1. The standard InChI is InChI=1S/C16H16N4O2S2/c1-8-14(24-9(2)18-8)12-7-23-16(20-12)19-11-5-4-10(15(17)21)6-13(11)22-3/h4-7H,1-3H3,(H2,17,21)(H,19,20). The Labute approximate surface area is 147 Å². The van der Waals surface area contributed by atoms with Crippen LogP contribution in [-0.4, -0.2) is 23.0 Å². The number of rotatable bonds is 5. The first-order valence-corrected chi connectivity index (χ1v) is 8.82. The summed E-state index contributed by atoms with van der Waals surface area (Å²) in [5.74, 6) is 0.0419. The quantitative estimate of drug-likeness (QED) is 0.723. The van der Waals surface area contributed by atoms with Crippen LogP contribution in [0.4, 0.5) is 10.8 Å². The number of nitrogens with zero attached hydrogens (tertiary/aromatic N) is 2. The van der Waals surface area contributed by atoms with Gasteiger partial charge in [-0.2, -0.15) is 0 Å². The predicted octanol–water partition coefficient (Wildman–Crippen LogP) is 3.73. The van der Waals surface area contributed by atoms with E-state index in [9.17, 15) is 4.79 Å². The Bertz CT molecular complexity index is 901. The number of thiazole rings is 2. The van der Waals surface area contributed by atoms with Crippen LogP contribution in [0.5, 0.6) is 5.75 Å². The van der Waals surface area contributed by atoms with Gasteiger partial charge in [-0.1, -0.05) is 0 Å². The monoisotopic (exact) mass is 360 g/mol. The summed E-state index contributed by atoms with van der Waals surface area (Å²) < 4.78 is 5.32. The zero-order valence-corrected chi connectivity index (χ0v) is 15.0. The lowest BCUT2D eigenvalue weighted by Crippen LogP contribution is -2.11. The van der Waals surface area contributed by atoms with Crippen molar-refractivity contribution in [2.45, 2.75) is 13.8 Å². The van der Waals surface area contributed by atoms with E-state index in [0.717, 1.165) is 32.1 Å². The van der Waals surface area contributed by atoms with Gasteiger partial charge in [0.1, 0.15) is 5.75 Å². The van der Waals surface area contributed by atoms with E-state index >= 15 is 0 Å². The molecule has 0 unspecified atom stereocenters. The van der Waals surface area contributed by atoms with Gasteiger partial charge in [0.25, 0.3) is 0 Å². The Kier molecular flexibility index (Phi) is 4.50. The zero-order chi connectivity index (χ0) is 17.3. The predicted molar refractivity (Wildman–Crippen MR) is 97.5 cm³/mol. The smallest absolute Gasteiger partial charge is 0.248 e. The third-order valence-corrected chi connectivity index (χ3v) is 5.22. The van der Waals surface area contributed by atoms with Crippen LogP contribution in [0.15, 0.2) is 23.6 Å². The Balaban J connectivity index is 1.87. The number of aryl methyl sites for hydroxylation is 2. The molecule has 0 bridgehead atoms. The average Bonchev–Trinajstić information content (AvgIpc) is 3.13. The summed E-state index contributed by atoms with van der Waals surface area (Å²) in [5, 5.41) is 6.97. The minimum Gasteiger partial charge on any atom is -0.495 e. The van der Waals surface area contributed by atoms with Gasteiger partial charge < -0.3 is 15.8 Å². The molecule has 1 amide bonds. The number of benzene rings is 1. The molecule has 8 heteroatoms. The van der Waals surface area contributed by atoms with Crippen LogP contribution in [0, 0.1) is 13.8 Å². The summed E-state index contributed by atoms with van der Waals surface area (Å²) in [4.78, 5) is 21.4. The van der Waals surface area contributed by atoms with Gasteiger partial charge in [-0.05, 0) is 32.0 Å². The van der Waals surface area contributed by atoms with E-state index in [1.165, 1.54) is 11.3 Å². The maximum atomic E-state index is 11.3. The van der Waals surface area contributed by atoms with E-state index in [0.29, 0.717) is 11.3 Å². The van der Waals surface area contributed by atoms with Crippen molar-refractivity contribution in [3.05, 3.63) is 39.8 Å². The number of ether oxygens (including phenoxy) is 1. The van der Waals surface area contributed by atoms with Gasteiger partial charge in [0.2, 0.25) is 5.91 Å². The third-order valence-electron chi connectivity index (χ3n) is 3.37. The Morgan fingerprint density at radius 3 is 2.71 bits per heavy atom. The number of carbonyl (C=O) groups excluding carboxylic acids is 1. The maximum Gasteiger partial charge on any atom is 0.248 e. The molecule has 24 heavy (non-hydrogen) atoms. The number of hydrogen-bond acceptors (Lipinski definition) is 7. The van der Waals surface area contributed by atoms with Gasteiger partial charge in [0.15, 0.2) is 5.13 Å². The molecule has 1 aromatic carbocycles. The second-order valence-electron chi connectivity index (χ2n) is 5.09. The largest absolute Gasteiger partial charge is 0.495 e. The highest BCUT2D eigenvalue weighted by molar-refractivity contribution is 7.16. The minimum absolute atomic E-state index is 0.396. The number of carbonyl (C=O) groups is 1. The second-order valence-corrected chi connectivity index (χ2v) is 7.15. The van der Waals surface area contributed by atoms with Gasteiger partial charge in [0.05, 0.1) is 34.1 Å². The fraction of sp³-hybridized carbons (Fsp3) is 0.188. The molecule has 0 spiro atoms. The second kappa shape index (κ2) is 6.58. The molecule has 3 N–H and O–H groups in total. The molecule has 0 saturated carbocycles. The molecular formula is C16H16N4O2S2. The Hall–Kier alpha value is -2.45. The first kappa shape index (κ1) is 16.4. The van der Waals surface area contributed by atoms with Crippen LogP contribution in [0.25, 0.3) is 10.6 Å². The van der Waals surface area contributed by atoms with E-state index in [1.807, 2.05) is 19.2 Å². The van der Waals surface area contributed by atoms with Crippen LogP contribution in [0.2, 0.25) is 0 Å². The van der Waals surface area contributed by atoms with Crippen LogP contribution in [0.3, 0.4) is 0 Å². The maximum absolute atomic E-state index is 11.3. The summed E-state index contributed by atoms with van der Waals surface area (Å²) in [7, 11) is 1.54. The molecule has 0 atom stereocenters. The van der Waals surface area contributed by atoms with Gasteiger partial charge in [-0.3, -0.25) is 4.79 Å². The van der Waals surface area contributed by atoms with Gasteiger partial charge in [-0.15, -0.1) is 22.7 Å². The average molecular weight is 360 g/mol. The summed E-state index contributed by atoms with van der Waals surface area (Å²) in [6.45, 7) is 3.97. The number of aromatic nitrogens is 2. The Morgan fingerprint density at radius 2 is 2.08 bits per heavy atom. The number of anilines is 2. The zero-order valence-electron chi connectivity index (χ0n) is 13.4. The summed E-state index contributed by atoms with van der Waals surface area (Å²) in [5.41, 5.74) is 8.30. The first-order valence-electron chi connectivity index (χ1n) is 7.12. The van der Waals surface area contributed by atoms with Crippen molar-refractivity contribution in [2.24, 2.45) is 5.73 Å². The molecule has 0 saturated heterocycles. The highest BCUT2D eigenvalue weighted by Crippen LogP contribution is 2.35. The van der Waals surface area contributed by atoms with Gasteiger partial charge >= 0.3 is 0 Å². The molecule has 124 valence electrons. The fourth-order valence-corrected chi connectivity index (χ4v) is 3.94. The third kappa shape index (κ3) is 3.24. The molecule has 2 heterocycles. The molecule has 0 aliphatic carbocycles. The SMILES string of the molecule is COc1cc(C(N)=O)ccc1Nc1nc(-c2sc(C)nc2C)cs1. The molecule has 3 aromatic rings. The van der Waals surface area contributed by atoms with Crippen molar-refractivity contribution in [3.8, 4) is 16.3 Å². The van der Waals surface area contributed by atoms with E-state index in [-0.39, 0.29) is 0 Å². The van der Waals surface area contributed by atoms with E-state index < -0.39 is 5.91 Å². The summed E-state index contributed by atoms with van der Waals surface area (Å²) in [6.07, 6.45) is 0. The number of methoxy groups -OCH3 is 1. The number of primary amides is 1. The van der Waals surface area contributed by atoms with Crippen molar-refractivity contribution in [3.63, 3.8) is 0 Å². The molecule has 0 aliphatic heterocycles. The van der Waals surface area contributed by atoms with Crippen molar-refractivity contribution >= 4 is 39.4 Å². The minimum atomic E-state index is -0.493. The fourth-order valence-electron chi connectivity index (χ4n) is 2.27. The highest BCUT2D eigenvalue weighted by atomic mass is 32.1. The van der Waals surface area contributed by atoms with E-state index in [2.05, 4.69) is 15.3 Å². The van der Waals surface area contributed by atoms with Crippen LogP contribution >= 0.6 is 22.7 Å². The Morgan fingerprint density at radius 1 is 1.29 bits per heavy atom. The van der Waals surface area contributed by atoms with E-state index in [1.54, 1.807) is 36.6 Å². The number of hydrogen-bond donors (Lipinski definition) is 2. The first-order chi connectivity index (χ1) is 11.5. The molecule has 3 rings (SSSR count). The molecule has 0 radical (unpaired) electrons. The lowest BCUT2D eigenvalue weighted by molar-refractivity contribution is 0.1000. The van der Waals surface area contributed by atoms with Crippen molar-refractivity contribution in [1.29, 1.82) is 0 Å². The highest BCUT2D eigenvalue weighted by Gasteiger charge is 2.13. The van der Waals surface area contributed by atoms with E-state index in [4.69, 9.17) is 10.5 Å². The van der Waals surface area contributed by atoms with Crippen LogP contribution < -0.4 is 15.8 Å². The van der Waals surface area contributed by atoms with Crippen LogP contribution in [-0.2, 0) is 0 Å². The summed E-state index contributed by atoms with van der Waals surface area (Å²) >= 11 is 3.13. The van der Waals surface area contributed by atoms with Gasteiger partial charge in [0, 0.05) is 10.9 Å². The normalized spacial score (nSPS) is 10.6. The van der Waals surface area contributed by atoms with Crippen molar-refractivity contribution in [1.82, 2.24) is 9.97 Å². The lowest BCUT2D eigenvalue weighted by atomic mass is 10.2. The lowest BCUT2D eigenvalue weighted by Gasteiger charge is -2.10. The number of nitrogens with two attached hydrogens (primary N) is 1. The molecule has 0 aliphatic rings. The topological polar surface area (TPSA) is 90.1 Å². The van der Waals surface area contributed by atoms with Gasteiger partial charge in [-0.25, -0.2) is 9.97 Å². The molecule has 0 fully saturated rings. The number of nitrogens with one attached hydrogen (secondary N) is 1. The van der Waals surface area contributed by atoms with Crippen molar-refractivity contribution < 1.29 is 9.53 Å². The molecule has 2 aromatic heterocycles.